The van der Waals surface area contributed by atoms with Gasteiger partial charge in [-0.3, -0.25) is 14.8 Å². The van der Waals surface area contributed by atoms with Crippen LogP contribution in [0.1, 0.15) is 39.6 Å². The van der Waals surface area contributed by atoms with Crippen molar-refractivity contribution < 1.29 is 37.3 Å². The van der Waals surface area contributed by atoms with Gasteiger partial charge in [-0.05, 0) is 64.9 Å². The summed E-state index contributed by atoms with van der Waals surface area (Å²) in [4.78, 5) is 25.7. The fourth-order valence-electron chi connectivity index (χ4n) is 5.82. The lowest BCUT2D eigenvalue weighted by atomic mass is 9.91. The molecule has 2 aromatic carbocycles. The molecule has 7 rings (SSSR count). The minimum absolute atomic E-state index is 0.0813. The number of aromatic nitrogens is 2. The van der Waals surface area contributed by atoms with Crippen LogP contribution < -0.4 is 10.1 Å². The third-order valence-electron chi connectivity index (χ3n) is 8.17. The number of ether oxygens (including phenoxy) is 2. The van der Waals surface area contributed by atoms with E-state index in [0.29, 0.717) is 0 Å². The van der Waals surface area contributed by atoms with E-state index in [1.165, 1.54) is 10.4 Å². The number of alkyl halides is 3. The predicted molar refractivity (Wildman–Crippen MR) is 160 cm³/mol. The Bertz CT molecular complexity index is 1740. The zero-order chi connectivity index (χ0) is 31.1. The van der Waals surface area contributed by atoms with E-state index in [1.54, 1.807) is 18.4 Å². The number of nitrogens with one attached hydrogen (secondary N) is 2. The topological polar surface area (TPSA) is 117 Å². The highest BCUT2D eigenvalue weighted by Crippen LogP contribution is 2.65. The second kappa shape index (κ2) is 11.7. The molecule has 3 N–H and O–H groups in total. The summed E-state index contributed by atoms with van der Waals surface area (Å²) < 4.78 is 42.6. The molecule has 230 valence electrons. The fourth-order valence-corrected chi connectivity index (χ4v) is 6.72. The zero-order valence-corrected chi connectivity index (χ0v) is 24.4. The van der Waals surface area contributed by atoms with E-state index in [2.05, 4.69) is 62.2 Å². The Morgan fingerprint density at radius 3 is 2.70 bits per heavy atom. The van der Waals surface area contributed by atoms with Gasteiger partial charge in [0.05, 0.1) is 36.9 Å². The van der Waals surface area contributed by atoms with Crippen LogP contribution in [-0.4, -0.2) is 71.7 Å². The summed E-state index contributed by atoms with van der Waals surface area (Å²) >= 11 is 1.80. The van der Waals surface area contributed by atoms with Gasteiger partial charge < -0.3 is 19.9 Å². The van der Waals surface area contributed by atoms with Gasteiger partial charge in [-0.25, -0.2) is 4.79 Å². The Balaban J connectivity index is 0.000000441. The second-order valence-corrected chi connectivity index (χ2v) is 11.9. The van der Waals surface area contributed by atoms with Crippen LogP contribution in [0.2, 0.25) is 0 Å². The number of fused-ring (bicyclic) bond motifs is 3. The lowest BCUT2D eigenvalue weighted by Gasteiger charge is -2.25. The van der Waals surface area contributed by atoms with Crippen molar-refractivity contribution in [3.8, 4) is 5.75 Å². The number of amides is 1. The first kappa shape index (κ1) is 29.9. The van der Waals surface area contributed by atoms with Gasteiger partial charge in [-0.2, -0.15) is 18.3 Å². The van der Waals surface area contributed by atoms with Gasteiger partial charge in [0.25, 0.3) is 0 Å². The van der Waals surface area contributed by atoms with E-state index in [-0.39, 0.29) is 11.8 Å². The van der Waals surface area contributed by atoms with Gasteiger partial charge >= 0.3 is 12.1 Å². The summed E-state index contributed by atoms with van der Waals surface area (Å²) in [5, 5.41) is 21.2. The number of thiophene rings is 1. The number of carboxylic acid groups (broad SMARTS) is 1. The average molecular weight is 627 g/mol. The molecule has 1 saturated carbocycles. The molecule has 2 fully saturated rings. The molecule has 1 amide bonds. The van der Waals surface area contributed by atoms with Crippen molar-refractivity contribution in [2.24, 2.45) is 0 Å². The lowest BCUT2D eigenvalue weighted by molar-refractivity contribution is -0.192. The molecule has 1 aliphatic carbocycles. The third-order valence-corrected chi connectivity index (χ3v) is 9.11. The molecular formula is C31H29F3N4O5S. The molecular weight excluding hydrogens is 597 g/mol. The molecule has 0 bridgehead atoms. The number of hydrogen-bond donors (Lipinski definition) is 3. The largest absolute Gasteiger partial charge is 0.497 e. The van der Waals surface area contributed by atoms with Crippen molar-refractivity contribution in [3.63, 3.8) is 0 Å². The second-order valence-electron chi connectivity index (χ2n) is 10.9. The van der Waals surface area contributed by atoms with Crippen LogP contribution in [0.5, 0.6) is 5.75 Å². The highest BCUT2D eigenvalue weighted by Gasteiger charge is 2.65. The molecule has 44 heavy (non-hydrogen) atoms. The zero-order valence-electron chi connectivity index (χ0n) is 23.6. The van der Waals surface area contributed by atoms with Crippen LogP contribution in [0.25, 0.3) is 23.1 Å². The number of rotatable bonds is 6. The summed E-state index contributed by atoms with van der Waals surface area (Å²) in [6.07, 6.45) is -0.0765. The van der Waals surface area contributed by atoms with Crippen molar-refractivity contribution in [1.82, 2.24) is 15.1 Å². The molecule has 4 aromatic rings. The first-order valence-corrected chi connectivity index (χ1v) is 14.8. The summed E-state index contributed by atoms with van der Waals surface area (Å²) in [6, 6.07) is 14.5. The Morgan fingerprint density at radius 1 is 1.20 bits per heavy atom. The lowest BCUT2D eigenvalue weighted by Crippen LogP contribution is -2.35. The summed E-state index contributed by atoms with van der Waals surface area (Å²) in [7, 11) is 1.66. The summed E-state index contributed by atoms with van der Waals surface area (Å²) in [6.45, 7) is 4.62. The van der Waals surface area contributed by atoms with Gasteiger partial charge in [0.2, 0.25) is 5.91 Å². The molecule has 2 aromatic heterocycles. The van der Waals surface area contributed by atoms with Crippen molar-refractivity contribution in [2.75, 3.05) is 38.7 Å². The van der Waals surface area contributed by atoms with Crippen molar-refractivity contribution in [3.05, 3.63) is 75.1 Å². The number of methoxy groups -OCH3 is 1. The number of aliphatic carboxylic acids is 1. The highest BCUT2D eigenvalue weighted by atomic mass is 32.1. The number of anilines is 1. The quantitative estimate of drug-likeness (QED) is 0.254. The van der Waals surface area contributed by atoms with Crippen LogP contribution in [0.4, 0.5) is 18.9 Å². The summed E-state index contributed by atoms with van der Waals surface area (Å²) in [5.74, 6) is -1.76. The molecule has 0 radical (unpaired) electrons. The number of halogens is 3. The van der Waals surface area contributed by atoms with E-state index < -0.39 is 17.6 Å². The monoisotopic (exact) mass is 626 g/mol. The molecule has 0 unspecified atom stereocenters. The maximum absolute atomic E-state index is 13.0. The molecule has 2 atom stereocenters. The molecule has 4 heterocycles. The summed E-state index contributed by atoms with van der Waals surface area (Å²) in [5.41, 5.74) is 5.69. The Kier molecular flexibility index (Phi) is 7.95. The van der Waals surface area contributed by atoms with Crippen LogP contribution in [0.3, 0.4) is 0 Å². The van der Waals surface area contributed by atoms with Gasteiger partial charge in [-0.15, -0.1) is 11.3 Å². The van der Waals surface area contributed by atoms with Gasteiger partial charge in [0.15, 0.2) is 0 Å². The Hall–Kier alpha value is -4.20. The van der Waals surface area contributed by atoms with E-state index in [4.69, 9.17) is 19.4 Å². The number of H-pyrrole nitrogens is 1. The van der Waals surface area contributed by atoms with E-state index in [1.807, 2.05) is 18.2 Å². The predicted octanol–water partition coefficient (Wildman–Crippen LogP) is 5.65. The fraction of sp³-hybridized carbons (Fsp3) is 0.323. The average Bonchev–Trinajstić information content (AvgIpc) is 3.23. The molecule has 13 heteroatoms. The van der Waals surface area contributed by atoms with Crippen LogP contribution in [-0.2, 0) is 26.3 Å². The van der Waals surface area contributed by atoms with Crippen molar-refractivity contribution in [2.45, 2.75) is 30.5 Å². The van der Waals surface area contributed by atoms with Gasteiger partial charge in [0.1, 0.15) is 5.75 Å². The molecule has 1 spiro atoms. The first-order valence-electron chi connectivity index (χ1n) is 13.9. The molecule has 2 aliphatic heterocycles. The maximum Gasteiger partial charge on any atom is 0.490 e. The number of morpholine rings is 1. The van der Waals surface area contributed by atoms with Gasteiger partial charge in [0, 0.05) is 41.5 Å². The Labute approximate surface area is 254 Å². The van der Waals surface area contributed by atoms with Crippen molar-refractivity contribution in [1.29, 1.82) is 0 Å². The Morgan fingerprint density at radius 2 is 1.98 bits per heavy atom. The number of carbonyl (C=O) groups excluding carboxylic acids is 1. The molecule has 3 aliphatic rings. The van der Waals surface area contributed by atoms with E-state index in [0.717, 1.165) is 78.4 Å². The number of hydrogen-bond acceptors (Lipinski definition) is 7. The SMILES string of the molecule is COc1ccc2c(c1)[C@]1(C[C@H]1c1ccc3c(/C=C/c4csc(CN5CCOCC5)c4)n[nH]c3c1)C(=O)N2.O=C(O)C(F)(F)F. The van der Waals surface area contributed by atoms with Crippen LogP contribution in [0, 0.1) is 0 Å². The smallest absolute Gasteiger partial charge is 0.490 e. The normalized spacial score (nSPS) is 21.3. The van der Waals surface area contributed by atoms with Crippen LogP contribution >= 0.6 is 11.3 Å². The van der Waals surface area contributed by atoms with E-state index >= 15 is 0 Å². The standard InChI is InChI=1S/C29H28N4O3S.C2HF3O2/c1-35-20-4-7-26-23(14-20)29(28(34)30-26)15-24(29)19-3-5-22-25(31-32-27(22)13-19)6-2-18-12-21(37-17-18)16-33-8-10-36-11-9-33;3-2(4,5)1(6)7/h2-7,12-14,17,24H,8-11,15-16H2,1H3,(H,30,34)(H,31,32);(H,6,7)/b6-2+;/t24-,29-;/m0./s1. The minimum Gasteiger partial charge on any atom is -0.497 e. The number of aromatic amines is 1. The number of carboxylic acids is 1. The molecule has 1 saturated heterocycles. The minimum atomic E-state index is -5.08. The van der Waals surface area contributed by atoms with Crippen molar-refractivity contribution >= 4 is 52.0 Å². The molecule has 9 nitrogen and oxygen atoms in total. The first-order chi connectivity index (χ1) is 21.1. The van der Waals surface area contributed by atoms with Crippen LogP contribution in [0.15, 0.2) is 47.8 Å². The van der Waals surface area contributed by atoms with E-state index in [9.17, 15) is 18.0 Å². The number of nitrogens with zero attached hydrogens (tertiary/aromatic N) is 2. The number of carbonyl (C=O) groups is 2. The van der Waals surface area contributed by atoms with Gasteiger partial charge in [-0.1, -0.05) is 18.2 Å². The third kappa shape index (κ3) is 5.82. The highest BCUT2D eigenvalue weighted by molar-refractivity contribution is 7.10. The maximum atomic E-state index is 13.0. The number of benzene rings is 2.